The minimum Gasteiger partial charge on any atom is -0.461 e. The first-order chi connectivity index (χ1) is 17.7. The van der Waals surface area contributed by atoms with E-state index in [0.29, 0.717) is 29.0 Å². The predicted molar refractivity (Wildman–Crippen MR) is 138 cm³/mol. The number of halogens is 1. The lowest BCUT2D eigenvalue weighted by molar-refractivity contribution is 0.585. The number of hydrogen-bond donors (Lipinski definition) is 1. The molecule has 1 atom stereocenters. The number of anilines is 1. The van der Waals surface area contributed by atoms with Crippen molar-refractivity contribution < 1.29 is 8.81 Å². The molecule has 0 aliphatic carbocycles. The van der Waals surface area contributed by atoms with E-state index in [-0.39, 0.29) is 11.9 Å². The van der Waals surface area contributed by atoms with E-state index in [4.69, 9.17) is 14.4 Å². The lowest BCUT2D eigenvalue weighted by Gasteiger charge is -2.15. The van der Waals surface area contributed by atoms with E-state index in [1.807, 2.05) is 59.3 Å². The maximum Gasteiger partial charge on any atom is 0.225 e. The van der Waals surface area contributed by atoms with Gasteiger partial charge in [0.05, 0.1) is 12.3 Å². The molecule has 176 valence electrons. The molecule has 0 fully saturated rings. The molecule has 0 saturated heterocycles. The predicted octanol–water partition coefficient (Wildman–Crippen LogP) is 7.05. The Balaban J connectivity index is 1.43. The third-order valence-electron chi connectivity index (χ3n) is 6.08. The smallest absolute Gasteiger partial charge is 0.225 e. The van der Waals surface area contributed by atoms with Crippen LogP contribution in [0.15, 0.2) is 108 Å². The van der Waals surface area contributed by atoms with E-state index in [0.717, 1.165) is 21.9 Å². The van der Waals surface area contributed by atoms with Gasteiger partial charge in [0.15, 0.2) is 5.76 Å². The molecule has 0 aliphatic rings. The van der Waals surface area contributed by atoms with Gasteiger partial charge in [0, 0.05) is 28.7 Å². The van der Waals surface area contributed by atoms with Crippen molar-refractivity contribution in [1.82, 2.24) is 19.5 Å². The van der Waals surface area contributed by atoms with Gasteiger partial charge < -0.3 is 9.73 Å². The number of benzene rings is 3. The van der Waals surface area contributed by atoms with Crippen LogP contribution in [0.3, 0.4) is 0 Å². The van der Waals surface area contributed by atoms with Gasteiger partial charge in [-0.25, -0.2) is 14.4 Å². The third kappa shape index (κ3) is 4.11. The summed E-state index contributed by atoms with van der Waals surface area (Å²) in [5.74, 6) is 2.09. The molecular formula is C29H22FN5O. The average Bonchev–Trinajstić information content (AvgIpc) is 3.55. The van der Waals surface area contributed by atoms with Crippen molar-refractivity contribution in [3.63, 3.8) is 0 Å². The van der Waals surface area contributed by atoms with Gasteiger partial charge in [-0.1, -0.05) is 54.6 Å². The Kier molecular flexibility index (Phi) is 5.50. The van der Waals surface area contributed by atoms with Gasteiger partial charge in [-0.2, -0.15) is 4.98 Å². The number of furan rings is 1. The number of nitrogens with zero attached hydrogens (tertiary/aromatic N) is 4. The van der Waals surface area contributed by atoms with Crippen LogP contribution in [-0.2, 0) is 0 Å². The Hall–Kier alpha value is -4.78. The van der Waals surface area contributed by atoms with Crippen molar-refractivity contribution in [2.24, 2.45) is 0 Å². The molecule has 0 saturated carbocycles. The van der Waals surface area contributed by atoms with Crippen LogP contribution in [0.1, 0.15) is 18.5 Å². The second-order valence-electron chi connectivity index (χ2n) is 8.49. The fourth-order valence-electron chi connectivity index (χ4n) is 4.23. The lowest BCUT2D eigenvalue weighted by atomic mass is 10.1. The van der Waals surface area contributed by atoms with E-state index < -0.39 is 0 Å². The summed E-state index contributed by atoms with van der Waals surface area (Å²) in [6, 6.07) is 26.1. The Labute approximate surface area is 207 Å². The monoisotopic (exact) mass is 475 g/mol. The average molecular weight is 476 g/mol. The minimum atomic E-state index is -0.308. The summed E-state index contributed by atoms with van der Waals surface area (Å²) in [5.41, 5.74) is 2.54. The van der Waals surface area contributed by atoms with Gasteiger partial charge >= 0.3 is 0 Å². The first-order valence-corrected chi connectivity index (χ1v) is 11.6. The fraction of sp³-hybridized carbons (Fsp3) is 0.0690. The van der Waals surface area contributed by atoms with E-state index in [9.17, 15) is 4.39 Å². The highest BCUT2D eigenvalue weighted by atomic mass is 19.1. The highest BCUT2D eigenvalue weighted by Gasteiger charge is 2.19. The van der Waals surface area contributed by atoms with E-state index >= 15 is 0 Å². The van der Waals surface area contributed by atoms with Gasteiger partial charge in [-0.3, -0.25) is 4.57 Å². The second kappa shape index (κ2) is 9.11. The summed E-state index contributed by atoms with van der Waals surface area (Å²) in [4.78, 5) is 14.1. The molecule has 6 rings (SSSR count). The van der Waals surface area contributed by atoms with Crippen molar-refractivity contribution in [2.45, 2.75) is 13.0 Å². The van der Waals surface area contributed by atoms with Crippen LogP contribution < -0.4 is 5.32 Å². The molecule has 6 nitrogen and oxygen atoms in total. The van der Waals surface area contributed by atoms with Gasteiger partial charge in [0.25, 0.3) is 0 Å². The molecule has 3 aromatic carbocycles. The van der Waals surface area contributed by atoms with E-state index in [1.165, 1.54) is 12.1 Å². The molecule has 36 heavy (non-hydrogen) atoms. The van der Waals surface area contributed by atoms with Crippen molar-refractivity contribution in [1.29, 1.82) is 0 Å². The maximum atomic E-state index is 13.7. The van der Waals surface area contributed by atoms with Crippen LogP contribution in [-0.4, -0.2) is 19.5 Å². The second-order valence-corrected chi connectivity index (χ2v) is 8.49. The molecule has 6 aromatic rings. The normalized spacial score (nSPS) is 12.1. The van der Waals surface area contributed by atoms with Crippen LogP contribution in [0.25, 0.3) is 39.4 Å². The quantitative estimate of drug-likeness (QED) is 0.279. The number of nitrogens with one attached hydrogen (secondary N) is 1. The molecule has 1 unspecified atom stereocenters. The summed E-state index contributed by atoms with van der Waals surface area (Å²) < 4.78 is 21.5. The molecule has 3 aromatic heterocycles. The molecule has 0 spiro atoms. The molecular weight excluding hydrogens is 453 g/mol. The summed E-state index contributed by atoms with van der Waals surface area (Å²) in [6.45, 7) is 2.06. The zero-order chi connectivity index (χ0) is 24.5. The molecule has 3 heterocycles. The number of hydrogen-bond acceptors (Lipinski definition) is 5. The van der Waals surface area contributed by atoms with Crippen molar-refractivity contribution in [3.05, 3.63) is 115 Å². The summed E-state index contributed by atoms with van der Waals surface area (Å²) in [5, 5.41) is 5.33. The number of rotatable bonds is 6. The number of fused-ring (bicyclic) bond motifs is 1. The lowest BCUT2D eigenvalue weighted by Crippen LogP contribution is -2.10. The van der Waals surface area contributed by atoms with Gasteiger partial charge in [-0.15, -0.1) is 0 Å². The topological polar surface area (TPSA) is 68.8 Å². The number of aromatic nitrogens is 4. The molecule has 1 N–H and O–H groups in total. The van der Waals surface area contributed by atoms with E-state index in [2.05, 4.69) is 29.4 Å². The molecule has 0 amide bonds. The molecule has 0 radical (unpaired) electrons. The third-order valence-corrected chi connectivity index (χ3v) is 6.08. The summed E-state index contributed by atoms with van der Waals surface area (Å²) in [7, 11) is 0. The van der Waals surface area contributed by atoms with Crippen LogP contribution in [0.2, 0.25) is 0 Å². The minimum absolute atomic E-state index is 0.0193. The summed E-state index contributed by atoms with van der Waals surface area (Å²) >= 11 is 0. The van der Waals surface area contributed by atoms with Crippen molar-refractivity contribution in [3.8, 4) is 28.7 Å². The Bertz CT molecular complexity index is 1640. The zero-order valence-corrected chi connectivity index (χ0v) is 19.5. The van der Waals surface area contributed by atoms with Crippen LogP contribution in [0.5, 0.6) is 0 Å². The number of imidazole rings is 1. The molecule has 0 aliphatic heterocycles. The Morgan fingerprint density at radius 1 is 0.889 bits per heavy atom. The SMILES string of the molecule is CC(Nc1nccc(-n2cc(-c3occ4ccccc34)nc2-c2ccc(F)cc2)n1)c1ccccc1. The zero-order valence-electron chi connectivity index (χ0n) is 19.5. The standard InChI is InChI=1S/C29H22FN5O/c1-19(20-7-3-2-4-8-20)32-29-31-16-15-26(34-29)35-17-25(27-24-10-6-5-9-22(24)18-36-27)33-28(35)21-11-13-23(30)14-12-21/h2-19H,1H3,(H,31,32,34). The van der Waals surface area contributed by atoms with Gasteiger partial charge in [-0.05, 0) is 42.8 Å². The van der Waals surface area contributed by atoms with Gasteiger partial charge in [0.1, 0.15) is 23.2 Å². The van der Waals surface area contributed by atoms with Gasteiger partial charge in [0.2, 0.25) is 5.95 Å². The van der Waals surface area contributed by atoms with Crippen LogP contribution in [0.4, 0.5) is 10.3 Å². The van der Waals surface area contributed by atoms with Crippen LogP contribution >= 0.6 is 0 Å². The van der Waals surface area contributed by atoms with Crippen molar-refractivity contribution >= 4 is 16.7 Å². The van der Waals surface area contributed by atoms with Crippen molar-refractivity contribution in [2.75, 3.05) is 5.32 Å². The fourth-order valence-corrected chi connectivity index (χ4v) is 4.23. The Morgan fingerprint density at radius 3 is 2.50 bits per heavy atom. The highest BCUT2D eigenvalue weighted by Crippen LogP contribution is 2.33. The van der Waals surface area contributed by atoms with Crippen LogP contribution in [0, 0.1) is 5.82 Å². The maximum absolute atomic E-state index is 13.7. The first-order valence-electron chi connectivity index (χ1n) is 11.6. The largest absolute Gasteiger partial charge is 0.461 e. The first kappa shape index (κ1) is 21.7. The molecule has 7 heteroatoms. The Morgan fingerprint density at radius 2 is 1.67 bits per heavy atom. The summed E-state index contributed by atoms with van der Waals surface area (Å²) in [6.07, 6.45) is 5.31. The van der Waals surface area contributed by atoms with E-state index in [1.54, 1.807) is 24.6 Å². The molecule has 0 bridgehead atoms. The highest BCUT2D eigenvalue weighted by molar-refractivity contribution is 5.93.